The van der Waals surface area contributed by atoms with Crippen LogP contribution in [0.2, 0.25) is 0 Å². The SMILES string of the molecule is CC1(c2cccc(C3OCCO3)c2)COC1.CC1(c2cccc(C=O)c2)COC1. The number of hydrogen-bond acceptors (Lipinski definition) is 5. The van der Waals surface area contributed by atoms with E-state index in [1.807, 2.05) is 18.2 Å². The van der Waals surface area contributed by atoms with Gasteiger partial charge in [0.15, 0.2) is 6.29 Å². The first kappa shape index (κ1) is 20.2. The molecule has 5 heteroatoms. The van der Waals surface area contributed by atoms with E-state index < -0.39 is 0 Å². The van der Waals surface area contributed by atoms with E-state index in [1.54, 1.807) is 0 Å². The zero-order valence-electron chi connectivity index (χ0n) is 17.1. The van der Waals surface area contributed by atoms with Gasteiger partial charge < -0.3 is 18.9 Å². The molecule has 0 aliphatic carbocycles. The molecule has 0 radical (unpaired) electrons. The van der Waals surface area contributed by atoms with Gasteiger partial charge in [0.05, 0.1) is 39.6 Å². The fraction of sp³-hybridized carbons (Fsp3) is 0.458. The molecule has 2 aromatic carbocycles. The van der Waals surface area contributed by atoms with E-state index in [-0.39, 0.29) is 17.1 Å². The minimum Gasteiger partial charge on any atom is -0.379 e. The predicted octanol–water partition coefficient (Wildman–Crippen LogP) is 3.81. The Hall–Kier alpha value is -2.05. The van der Waals surface area contributed by atoms with Crippen LogP contribution in [0.5, 0.6) is 0 Å². The van der Waals surface area contributed by atoms with Crippen molar-refractivity contribution in [3.63, 3.8) is 0 Å². The Morgan fingerprint density at radius 2 is 1.38 bits per heavy atom. The van der Waals surface area contributed by atoms with E-state index in [4.69, 9.17) is 18.9 Å². The maximum Gasteiger partial charge on any atom is 0.184 e. The van der Waals surface area contributed by atoms with Crippen LogP contribution in [0.25, 0.3) is 0 Å². The Morgan fingerprint density at radius 3 is 1.90 bits per heavy atom. The first-order valence-electron chi connectivity index (χ1n) is 10.1. The maximum atomic E-state index is 10.6. The lowest BCUT2D eigenvalue weighted by molar-refractivity contribution is -0.0523. The largest absolute Gasteiger partial charge is 0.379 e. The van der Waals surface area contributed by atoms with Crippen LogP contribution in [-0.2, 0) is 29.8 Å². The number of ether oxygens (including phenoxy) is 4. The van der Waals surface area contributed by atoms with Crippen molar-refractivity contribution in [1.29, 1.82) is 0 Å². The topological polar surface area (TPSA) is 54.0 Å². The Labute approximate surface area is 171 Å². The van der Waals surface area contributed by atoms with Crippen molar-refractivity contribution in [2.45, 2.75) is 31.0 Å². The first-order valence-corrected chi connectivity index (χ1v) is 10.1. The van der Waals surface area contributed by atoms with Crippen molar-refractivity contribution in [3.05, 3.63) is 70.8 Å². The highest BCUT2D eigenvalue weighted by atomic mass is 16.7. The lowest BCUT2D eigenvalue weighted by Gasteiger charge is -2.38. The zero-order valence-corrected chi connectivity index (χ0v) is 17.1. The van der Waals surface area contributed by atoms with Gasteiger partial charge in [0.25, 0.3) is 0 Å². The molecule has 0 atom stereocenters. The maximum absolute atomic E-state index is 10.6. The lowest BCUT2D eigenvalue weighted by atomic mass is 9.80. The van der Waals surface area contributed by atoms with Crippen LogP contribution < -0.4 is 0 Å². The quantitative estimate of drug-likeness (QED) is 0.736. The Morgan fingerprint density at radius 1 is 0.828 bits per heavy atom. The van der Waals surface area contributed by atoms with E-state index in [0.717, 1.165) is 43.8 Å². The molecule has 0 aromatic heterocycles. The Balaban J connectivity index is 0.000000145. The van der Waals surface area contributed by atoms with E-state index in [9.17, 15) is 4.79 Å². The van der Waals surface area contributed by atoms with Crippen molar-refractivity contribution >= 4 is 6.29 Å². The second-order valence-electron chi connectivity index (χ2n) is 8.55. The summed E-state index contributed by atoms with van der Waals surface area (Å²) < 4.78 is 21.5. The lowest BCUT2D eigenvalue weighted by Crippen LogP contribution is -2.43. The third-order valence-corrected chi connectivity index (χ3v) is 5.88. The molecule has 0 bridgehead atoms. The summed E-state index contributed by atoms with van der Waals surface area (Å²) in [5, 5.41) is 0. The number of benzene rings is 2. The van der Waals surface area contributed by atoms with Crippen LogP contribution in [0.4, 0.5) is 0 Å². The predicted molar refractivity (Wildman–Crippen MR) is 109 cm³/mol. The van der Waals surface area contributed by atoms with Crippen molar-refractivity contribution in [2.24, 2.45) is 0 Å². The van der Waals surface area contributed by atoms with Crippen LogP contribution in [0.1, 0.15) is 47.2 Å². The number of hydrogen-bond donors (Lipinski definition) is 0. The van der Waals surface area contributed by atoms with Gasteiger partial charge in [-0.25, -0.2) is 0 Å². The molecular formula is C24H28O5. The molecule has 0 spiro atoms. The van der Waals surface area contributed by atoms with E-state index in [1.165, 1.54) is 11.1 Å². The monoisotopic (exact) mass is 396 g/mol. The molecule has 5 rings (SSSR count). The van der Waals surface area contributed by atoms with Gasteiger partial charge in [-0.15, -0.1) is 0 Å². The third kappa shape index (κ3) is 4.28. The molecule has 2 aromatic rings. The highest BCUT2D eigenvalue weighted by Crippen LogP contribution is 2.34. The van der Waals surface area contributed by atoms with E-state index in [2.05, 4.69) is 44.2 Å². The van der Waals surface area contributed by atoms with E-state index >= 15 is 0 Å². The van der Waals surface area contributed by atoms with Crippen LogP contribution >= 0.6 is 0 Å². The number of rotatable bonds is 4. The minimum atomic E-state index is -0.176. The standard InChI is InChI=1S/C13H16O3.C11H12O2/c1-13(8-14-9-13)11-4-2-3-10(7-11)12-15-5-6-16-12;1-11(7-13-8-11)10-4-2-3-9(5-10)6-12/h2-4,7,12H,5-6,8-9H2,1H3;2-6H,7-8H2,1H3. The average Bonchev–Trinajstić information content (AvgIpc) is 3.26. The van der Waals surface area contributed by atoms with Crippen LogP contribution in [0, 0.1) is 0 Å². The summed E-state index contributed by atoms with van der Waals surface area (Å²) in [6, 6.07) is 16.2. The second kappa shape index (κ2) is 8.36. The molecule has 3 heterocycles. The van der Waals surface area contributed by atoms with E-state index in [0.29, 0.717) is 13.2 Å². The molecule has 154 valence electrons. The molecule has 3 saturated heterocycles. The van der Waals surface area contributed by atoms with Crippen molar-refractivity contribution in [2.75, 3.05) is 39.6 Å². The normalized spacial score (nSPS) is 22.0. The van der Waals surface area contributed by atoms with Crippen LogP contribution in [0.3, 0.4) is 0 Å². The summed E-state index contributed by atoms with van der Waals surface area (Å²) in [4.78, 5) is 10.6. The summed E-state index contributed by atoms with van der Waals surface area (Å²) in [5.41, 5.74) is 4.67. The molecule has 3 aliphatic heterocycles. The van der Waals surface area contributed by atoms with Gasteiger partial charge in [-0.2, -0.15) is 0 Å². The van der Waals surface area contributed by atoms with Gasteiger partial charge in [0.2, 0.25) is 0 Å². The van der Waals surface area contributed by atoms with Crippen molar-refractivity contribution in [1.82, 2.24) is 0 Å². The number of carbonyl (C=O) groups excluding carboxylic acids is 1. The highest BCUT2D eigenvalue weighted by molar-refractivity contribution is 5.75. The summed E-state index contributed by atoms with van der Waals surface area (Å²) in [6.45, 7) is 8.90. The van der Waals surface area contributed by atoms with Crippen LogP contribution in [-0.4, -0.2) is 45.9 Å². The second-order valence-corrected chi connectivity index (χ2v) is 8.55. The number of aldehydes is 1. The Bertz CT molecular complexity index is 848. The van der Waals surface area contributed by atoms with Gasteiger partial charge >= 0.3 is 0 Å². The summed E-state index contributed by atoms with van der Waals surface area (Å²) >= 11 is 0. The van der Waals surface area contributed by atoms with Gasteiger partial charge in [-0.1, -0.05) is 56.3 Å². The molecule has 0 saturated carbocycles. The summed E-state index contributed by atoms with van der Waals surface area (Å²) in [7, 11) is 0. The molecule has 0 N–H and O–H groups in total. The molecular weight excluding hydrogens is 368 g/mol. The average molecular weight is 396 g/mol. The Kier molecular flexibility index (Phi) is 5.83. The van der Waals surface area contributed by atoms with Crippen molar-refractivity contribution in [3.8, 4) is 0 Å². The zero-order chi connectivity index (χ0) is 20.3. The smallest absolute Gasteiger partial charge is 0.184 e. The molecule has 29 heavy (non-hydrogen) atoms. The molecule has 0 amide bonds. The van der Waals surface area contributed by atoms with Gasteiger partial charge in [0.1, 0.15) is 6.29 Å². The molecule has 3 aliphatic rings. The van der Waals surface area contributed by atoms with Gasteiger partial charge in [-0.05, 0) is 17.2 Å². The minimum absolute atomic E-state index is 0.124. The fourth-order valence-electron chi connectivity index (χ4n) is 3.75. The molecule has 5 nitrogen and oxygen atoms in total. The van der Waals surface area contributed by atoms with Crippen molar-refractivity contribution < 1.29 is 23.7 Å². The highest BCUT2D eigenvalue weighted by Gasteiger charge is 2.36. The van der Waals surface area contributed by atoms with Crippen LogP contribution in [0.15, 0.2) is 48.5 Å². The number of carbonyl (C=O) groups is 1. The first-order chi connectivity index (χ1) is 14.0. The summed E-state index contributed by atoms with van der Waals surface area (Å²) in [5.74, 6) is 0. The van der Waals surface area contributed by atoms with Gasteiger partial charge in [0, 0.05) is 22.0 Å². The summed E-state index contributed by atoms with van der Waals surface area (Å²) in [6.07, 6.45) is 0.705. The third-order valence-electron chi connectivity index (χ3n) is 5.88. The van der Waals surface area contributed by atoms with Gasteiger partial charge in [-0.3, -0.25) is 4.79 Å². The fourth-order valence-corrected chi connectivity index (χ4v) is 3.75. The molecule has 3 fully saturated rings. The molecule has 0 unspecified atom stereocenters.